The highest BCUT2D eigenvalue weighted by Crippen LogP contribution is 2.22. The van der Waals surface area contributed by atoms with Crippen LogP contribution in [0.5, 0.6) is 5.75 Å². The van der Waals surface area contributed by atoms with E-state index in [1.165, 1.54) is 6.08 Å². The minimum absolute atomic E-state index is 0.775. The molecule has 0 saturated heterocycles. The van der Waals surface area contributed by atoms with Crippen molar-refractivity contribution in [3.05, 3.63) is 60.2 Å². The Morgan fingerprint density at radius 2 is 1.44 bits per heavy atom. The first-order valence-electron chi connectivity index (χ1n) is 5.70. The molecule has 0 radical (unpaired) electrons. The van der Waals surface area contributed by atoms with Crippen molar-refractivity contribution in [1.82, 2.24) is 0 Å². The molecule has 0 saturated carbocycles. The van der Waals surface area contributed by atoms with E-state index in [4.69, 9.17) is 4.74 Å². The normalized spacial score (nSPS) is 10.5. The molecule has 0 bridgehead atoms. The highest BCUT2D eigenvalue weighted by atomic mass is 16.5. The van der Waals surface area contributed by atoms with Crippen molar-refractivity contribution in [2.45, 2.75) is 0 Å². The number of benzene rings is 2. The molecule has 90 valence electrons. The van der Waals surface area contributed by atoms with Crippen LogP contribution in [0.4, 0.5) is 0 Å². The number of carbonyl (C=O) groups is 1. The second-order valence-corrected chi connectivity index (χ2v) is 3.85. The zero-order valence-corrected chi connectivity index (χ0v) is 10.2. The van der Waals surface area contributed by atoms with Gasteiger partial charge in [0.1, 0.15) is 12.0 Å². The van der Waals surface area contributed by atoms with E-state index in [0.29, 0.717) is 0 Å². The first-order valence-corrected chi connectivity index (χ1v) is 5.70. The molecule has 0 aliphatic heterocycles. The van der Waals surface area contributed by atoms with Crippen molar-refractivity contribution in [2.24, 2.45) is 0 Å². The summed E-state index contributed by atoms with van der Waals surface area (Å²) in [6, 6.07) is 16.0. The van der Waals surface area contributed by atoms with Gasteiger partial charge in [0.25, 0.3) is 0 Å². The molecule has 2 aromatic rings. The largest absolute Gasteiger partial charge is 0.497 e. The van der Waals surface area contributed by atoms with E-state index in [2.05, 4.69) is 0 Å². The van der Waals surface area contributed by atoms with Gasteiger partial charge < -0.3 is 4.74 Å². The monoisotopic (exact) mass is 238 g/mol. The smallest absolute Gasteiger partial charge is 0.142 e. The molecule has 0 amide bonds. The van der Waals surface area contributed by atoms with E-state index in [9.17, 15) is 4.79 Å². The van der Waals surface area contributed by atoms with Gasteiger partial charge in [-0.3, -0.25) is 4.79 Å². The molecule has 0 unspecified atom stereocenters. The Morgan fingerprint density at radius 1 is 0.889 bits per heavy atom. The van der Waals surface area contributed by atoms with Crippen LogP contribution < -0.4 is 4.74 Å². The van der Waals surface area contributed by atoms with Crippen LogP contribution in [0.15, 0.2) is 54.6 Å². The average molecular weight is 238 g/mol. The summed E-state index contributed by atoms with van der Waals surface area (Å²) in [5.74, 6) is 0.851. The van der Waals surface area contributed by atoms with Crippen molar-refractivity contribution in [3.8, 4) is 16.9 Å². The van der Waals surface area contributed by atoms with Crippen LogP contribution in [0.25, 0.3) is 17.2 Å². The molecule has 0 N–H and O–H groups in total. The molecular formula is C16H14O2. The van der Waals surface area contributed by atoms with E-state index in [0.717, 1.165) is 28.7 Å². The Labute approximate surface area is 107 Å². The van der Waals surface area contributed by atoms with Gasteiger partial charge in [-0.15, -0.1) is 0 Å². The van der Waals surface area contributed by atoms with Crippen molar-refractivity contribution < 1.29 is 9.53 Å². The summed E-state index contributed by atoms with van der Waals surface area (Å²) >= 11 is 0. The summed E-state index contributed by atoms with van der Waals surface area (Å²) in [6.07, 6.45) is 4.05. The number of ether oxygens (including phenoxy) is 1. The van der Waals surface area contributed by atoms with Crippen LogP contribution in [-0.4, -0.2) is 13.4 Å². The molecule has 0 fully saturated rings. The topological polar surface area (TPSA) is 26.3 Å². The summed E-state index contributed by atoms with van der Waals surface area (Å²) in [7, 11) is 1.66. The predicted octanol–water partition coefficient (Wildman–Crippen LogP) is 3.57. The first kappa shape index (κ1) is 12.1. The van der Waals surface area contributed by atoms with Crippen molar-refractivity contribution >= 4 is 12.4 Å². The Morgan fingerprint density at radius 3 is 1.94 bits per heavy atom. The van der Waals surface area contributed by atoms with Crippen LogP contribution in [0, 0.1) is 0 Å². The van der Waals surface area contributed by atoms with E-state index in [1.807, 2.05) is 48.5 Å². The fraction of sp³-hybridized carbons (Fsp3) is 0.0625. The maximum absolute atomic E-state index is 10.2. The van der Waals surface area contributed by atoms with Gasteiger partial charge in [0.2, 0.25) is 0 Å². The highest BCUT2D eigenvalue weighted by molar-refractivity contribution is 5.74. The van der Waals surface area contributed by atoms with E-state index in [1.54, 1.807) is 13.2 Å². The van der Waals surface area contributed by atoms with Gasteiger partial charge in [-0.25, -0.2) is 0 Å². The molecule has 0 aliphatic carbocycles. The summed E-state index contributed by atoms with van der Waals surface area (Å²) in [5.41, 5.74) is 3.29. The average Bonchev–Trinajstić information content (AvgIpc) is 2.46. The molecule has 0 atom stereocenters. The van der Waals surface area contributed by atoms with Crippen LogP contribution in [0.1, 0.15) is 5.56 Å². The van der Waals surface area contributed by atoms with Crippen LogP contribution >= 0.6 is 0 Å². The van der Waals surface area contributed by atoms with Gasteiger partial charge in [0.15, 0.2) is 0 Å². The molecule has 0 spiro atoms. The second kappa shape index (κ2) is 5.82. The molecule has 2 aromatic carbocycles. The Bertz CT molecular complexity index is 536. The standard InChI is InChI=1S/C16H14O2/c1-18-16-10-8-15(9-11-16)14-6-4-13(5-7-14)3-2-12-17/h2-12H,1H3. The molecule has 18 heavy (non-hydrogen) atoms. The highest BCUT2D eigenvalue weighted by Gasteiger charge is 1.97. The van der Waals surface area contributed by atoms with Gasteiger partial charge in [0.05, 0.1) is 7.11 Å². The summed E-state index contributed by atoms with van der Waals surface area (Å²) in [5, 5.41) is 0. The summed E-state index contributed by atoms with van der Waals surface area (Å²) < 4.78 is 5.13. The third kappa shape index (κ3) is 2.86. The number of hydrogen-bond donors (Lipinski definition) is 0. The summed E-state index contributed by atoms with van der Waals surface area (Å²) in [4.78, 5) is 10.2. The number of hydrogen-bond acceptors (Lipinski definition) is 2. The van der Waals surface area contributed by atoms with Crippen LogP contribution in [-0.2, 0) is 4.79 Å². The molecule has 0 aromatic heterocycles. The van der Waals surface area contributed by atoms with Crippen LogP contribution in [0.2, 0.25) is 0 Å². The van der Waals surface area contributed by atoms with Gasteiger partial charge in [-0.2, -0.15) is 0 Å². The molecule has 2 rings (SSSR count). The maximum atomic E-state index is 10.2. The van der Waals surface area contributed by atoms with Gasteiger partial charge >= 0.3 is 0 Å². The zero-order chi connectivity index (χ0) is 12.8. The third-order valence-corrected chi connectivity index (χ3v) is 2.70. The van der Waals surface area contributed by atoms with Gasteiger partial charge in [0, 0.05) is 0 Å². The Hall–Kier alpha value is -2.35. The molecule has 2 nitrogen and oxygen atoms in total. The number of allylic oxidation sites excluding steroid dienone is 1. The van der Waals surface area contributed by atoms with Crippen molar-refractivity contribution in [3.63, 3.8) is 0 Å². The quantitative estimate of drug-likeness (QED) is 0.601. The fourth-order valence-corrected chi connectivity index (χ4v) is 1.72. The van der Waals surface area contributed by atoms with Crippen molar-refractivity contribution in [2.75, 3.05) is 7.11 Å². The van der Waals surface area contributed by atoms with E-state index >= 15 is 0 Å². The maximum Gasteiger partial charge on any atom is 0.142 e. The lowest BCUT2D eigenvalue weighted by Gasteiger charge is -2.04. The zero-order valence-electron chi connectivity index (χ0n) is 10.2. The summed E-state index contributed by atoms with van der Waals surface area (Å²) in [6.45, 7) is 0. The molecular weight excluding hydrogens is 224 g/mol. The van der Waals surface area contributed by atoms with Gasteiger partial charge in [-0.05, 0) is 34.9 Å². The number of aldehydes is 1. The first-order chi connectivity index (χ1) is 8.83. The van der Waals surface area contributed by atoms with Gasteiger partial charge in [-0.1, -0.05) is 42.5 Å². The second-order valence-electron chi connectivity index (χ2n) is 3.85. The lowest BCUT2D eigenvalue weighted by molar-refractivity contribution is -0.104. The Balaban J connectivity index is 2.22. The fourth-order valence-electron chi connectivity index (χ4n) is 1.72. The lowest BCUT2D eigenvalue weighted by atomic mass is 10.0. The molecule has 0 aliphatic rings. The SMILES string of the molecule is COc1ccc(-c2ccc(C=CC=O)cc2)cc1. The molecule has 2 heteroatoms. The minimum atomic E-state index is 0.775. The van der Waals surface area contributed by atoms with E-state index < -0.39 is 0 Å². The number of rotatable bonds is 4. The van der Waals surface area contributed by atoms with Crippen molar-refractivity contribution in [1.29, 1.82) is 0 Å². The number of methoxy groups -OCH3 is 1. The van der Waals surface area contributed by atoms with E-state index in [-0.39, 0.29) is 0 Å². The third-order valence-electron chi connectivity index (χ3n) is 2.70. The minimum Gasteiger partial charge on any atom is -0.497 e. The number of carbonyl (C=O) groups excluding carboxylic acids is 1. The Kier molecular flexibility index (Phi) is 3.92. The molecule has 0 heterocycles. The van der Waals surface area contributed by atoms with Crippen LogP contribution in [0.3, 0.4) is 0 Å². The lowest BCUT2D eigenvalue weighted by Crippen LogP contribution is -1.83. The predicted molar refractivity (Wildman–Crippen MR) is 73.5 cm³/mol.